The van der Waals surface area contributed by atoms with Gasteiger partial charge in [-0.15, -0.1) is 0 Å². The van der Waals surface area contributed by atoms with E-state index in [9.17, 15) is 9.59 Å². The molecule has 0 aliphatic carbocycles. The number of nitrogens with zero attached hydrogens (tertiary/aromatic N) is 1. The van der Waals surface area contributed by atoms with E-state index in [2.05, 4.69) is 0 Å². The molecule has 0 bridgehead atoms. The molecular weight excluding hydrogens is 370 g/mol. The molecule has 0 aromatic heterocycles. The van der Waals surface area contributed by atoms with Crippen LogP contribution in [0.2, 0.25) is 5.02 Å². The molecule has 7 heteroatoms. The van der Waals surface area contributed by atoms with Crippen molar-refractivity contribution in [3.05, 3.63) is 28.8 Å². The van der Waals surface area contributed by atoms with Crippen LogP contribution in [0.5, 0.6) is 11.5 Å². The second kappa shape index (κ2) is 9.13. The highest BCUT2D eigenvalue weighted by Gasteiger charge is 2.27. The molecule has 0 spiro atoms. The molecule has 1 aliphatic heterocycles. The van der Waals surface area contributed by atoms with Gasteiger partial charge in [-0.1, -0.05) is 11.6 Å². The summed E-state index contributed by atoms with van der Waals surface area (Å²) in [6.07, 6.45) is 1.96. The van der Waals surface area contributed by atoms with Crippen LogP contribution >= 0.6 is 11.6 Å². The fraction of sp³-hybridized carbons (Fsp3) is 0.500. The quantitative estimate of drug-likeness (QED) is 0.542. The van der Waals surface area contributed by atoms with Crippen molar-refractivity contribution in [2.45, 2.75) is 52.8 Å². The van der Waals surface area contributed by atoms with Gasteiger partial charge in [0.1, 0.15) is 13.2 Å². The third kappa shape index (κ3) is 5.39. The average Bonchev–Trinajstić information content (AvgIpc) is 2.59. The number of ether oxygens (including phenoxy) is 3. The van der Waals surface area contributed by atoms with Gasteiger partial charge in [0.05, 0.1) is 5.02 Å². The zero-order chi connectivity index (χ0) is 20.1. The van der Waals surface area contributed by atoms with Gasteiger partial charge >= 0.3 is 5.97 Å². The number of carbonyl (C=O) groups excluding carboxylic acids is 2. The number of benzene rings is 1. The van der Waals surface area contributed by atoms with Crippen molar-refractivity contribution in [2.24, 2.45) is 0 Å². The Hall–Kier alpha value is -2.21. The maximum Gasteiger partial charge on any atom is 0.331 e. The number of halogens is 1. The maximum atomic E-state index is 12.5. The Bertz CT molecular complexity index is 721. The van der Waals surface area contributed by atoms with Crippen LogP contribution in [0, 0.1) is 0 Å². The lowest BCUT2D eigenvalue weighted by Crippen LogP contribution is -2.47. The Labute approximate surface area is 165 Å². The van der Waals surface area contributed by atoms with Gasteiger partial charge in [-0.2, -0.15) is 0 Å². The van der Waals surface area contributed by atoms with Crippen LogP contribution < -0.4 is 9.47 Å². The zero-order valence-corrected chi connectivity index (χ0v) is 17.1. The summed E-state index contributed by atoms with van der Waals surface area (Å²) in [6, 6.07) is 3.45. The highest BCUT2D eigenvalue weighted by molar-refractivity contribution is 6.32. The number of amides is 1. The molecule has 1 amide bonds. The van der Waals surface area contributed by atoms with Crippen LogP contribution in [-0.4, -0.2) is 48.2 Å². The summed E-state index contributed by atoms with van der Waals surface area (Å²) in [4.78, 5) is 26.3. The largest absolute Gasteiger partial charge is 0.486 e. The third-order valence-corrected chi connectivity index (χ3v) is 4.32. The van der Waals surface area contributed by atoms with Crippen molar-refractivity contribution in [3.8, 4) is 11.5 Å². The number of hydrogen-bond acceptors (Lipinski definition) is 5. The van der Waals surface area contributed by atoms with Crippen molar-refractivity contribution in [1.82, 2.24) is 4.90 Å². The van der Waals surface area contributed by atoms with Gasteiger partial charge in [0.25, 0.3) is 5.91 Å². The Morgan fingerprint density at radius 1 is 1.11 bits per heavy atom. The van der Waals surface area contributed by atoms with E-state index in [0.717, 1.165) is 0 Å². The van der Waals surface area contributed by atoms with Crippen LogP contribution in [0.1, 0.15) is 40.2 Å². The van der Waals surface area contributed by atoms with E-state index in [-0.39, 0.29) is 18.0 Å². The Kier molecular flexibility index (Phi) is 7.13. The number of carbonyl (C=O) groups is 2. The SMILES string of the molecule is CC(C)N(C(=O)[C@@H](C)OC(=O)/C=C/c1cc(Cl)c2c(c1)OCCO2)C(C)C. The van der Waals surface area contributed by atoms with Gasteiger partial charge in [0.15, 0.2) is 17.6 Å². The van der Waals surface area contributed by atoms with Crippen LogP contribution in [0.3, 0.4) is 0 Å². The Morgan fingerprint density at radius 3 is 2.37 bits per heavy atom. The summed E-state index contributed by atoms with van der Waals surface area (Å²) in [6.45, 7) is 10.2. The van der Waals surface area contributed by atoms with Gasteiger partial charge < -0.3 is 19.1 Å². The van der Waals surface area contributed by atoms with E-state index in [4.69, 9.17) is 25.8 Å². The van der Waals surface area contributed by atoms with Gasteiger partial charge in [-0.25, -0.2) is 4.79 Å². The topological polar surface area (TPSA) is 65.1 Å². The molecule has 1 aromatic carbocycles. The molecule has 0 N–H and O–H groups in total. The first kappa shape index (κ1) is 21.1. The Morgan fingerprint density at radius 2 is 1.74 bits per heavy atom. The third-order valence-electron chi connectivity index (χ3n) is 4.04. The monoisotopic (exact) mass is 395 g/mol. The Balaban J connectivity index is 2.02. The van der Waals surface area contributed by atoms with Crippen molar-refractivity contribution in [1.29, 1.82) is 0 Å². The maximum absolute atomic E-state index is 12.5. The number of fused-ring (bicyclic) bond motifs is 1. The van der Waals surface area contributed by atoms with Crippen LogP contribution in [-0.2, 0) is 14.3 Å². The minimum absolute atomic E-state index is 0.0223. The zero-order valence-electron chi connectivity index (χ0n) is 16.3. The molecule has 0 saturated heterocycles. The normalized spacial score (nSPS) is 14.5. The number of esters is 1. The first-order chi connectivity index (χ1) is 12.7. The smallest absolute Gasteiger partial charge is 0.331 e. The summed E-state index contributed by atoms with van der Waals surface area (Å²) in [5.41, 5.74) is 0.672. The second-order valence-electron chi connectivity index (χ2n) is 6.87. The lowest BCUT2D eigenvalue weighted by molar-refractivity contribution is -0.157. The van der Waals surface area contributed by atoms with Crippen LogP contribution in [0.25, 0.3) is 6.08 Å². The molecular formula is C20H26ClNO5. The molecule has 1 heterocycles. The fourth-order valence-corrected chi connectivity index (χ4v) is 3.24. The van der Waals surface area contributed by atoms with Gasteiger partial charge in [-0.05, 0) is 58.4 Å². The highest BCUT2D eigenvalue weighted by atomic mass is 35.5. The minimum Gasteiger partial charge on any atom is -0.486 e. The van der Waals surface area contributed by atoms with E-state index < -0.39 is 12.1 Å². The van der Waals surface area contributed by atoms with Crippen molar-refractivity contribution < 1.29 is 23.8 Å². The van der Waals surface area contributed by atoms with Gasteiger partial charge in [0, 0.05) is 18.2 Å². The van der Waals surface area contributed by atoms with E-state index in [0.29, 0.717) is 35.3 Å². The molecule has 27 heavy (non-hydrogen) atoms. The van der Waals surface area contributed by atoms with E-state index >= 15 is 0 Å². The molecule has 0 saturated carbocycles. The van der Waals surface area contributed by atoms with Crippen molar-refractivity contribution in [2.75, 3.05) is 13.2 Å². The predicted molar refractivity (Wildman–Crippen MR) is 104 cm³/mol. The summed E-state index contributed by atoms with van der Waals surface area (Å²) in [5.74, 6) is 0.220. The summed E-state index contributed by atoms with van der Waals surface area (Å²) < 4.78 is 16.2. The number of hydrogen-bond donors (Lipinski definition) is 0. The molecule has 1 atom stereocenters. The summed E-state index contributed by atoms with van der Waals surface area (Å²) >= 11 is 6.18. The second-order valence-corrected chi connectivity index (χ2v) is 7.28. The summed E-state index contributed by atoms with van der Waals surface area (Å²) in [5, 5.41) is 0.410. The van der Waals surface area contributed by atoms with Crippen molar-refractivity contribution in [3.63, 3.8) is 0 Å². The van der Waals surface area contributed by atoms with Gasteiger partial charge in [-0.3, -0.25) is 4.79 Å². The predicted octanol–water partition coefficient (Wildman–Crippen LogP) is 3.70. The van der Waals surface area contributed by atoms with E-state index in [1.54, 1.807) is 30.0 Å². The molecule has 0 fully saturated rings. The van der Waals surface area contributed by atoms with E-state index in [1.807, 2.05) is 27.7 Å². The standard InChI is InChI=1S/C20H26ClNO5/c1-12(2)22(13(3)4)20(24)14(5)27-18(23)7-6-15-10-16(21)19-17(11-15)25-8-9-26-19/h6-7,10-14H,8-9H2,1-5H3/b7-6+/t14-/m1/s1. The summed E-state index contributed by atoms with van der Waals surface area (Å²) in [7, 11) is 0. The number of rotatable bonds is 6. The molecule has 2 rings (SSSR count). The van der Waals surface area contributed by atoms with Crippen LogP contribution in [0.4, 0.5) is 0 Å². The molecule has 6 nitrogen and oxygen atoms in total. The first-order valence-electron chi connectivity index (χ1n) is 9.00. The average molecular weight is 396 g/mol. The first-order valence-corrected chi connectivity index (χ1v) is 9.38. The van der Waals surface area contributed by atoms with Crippen molar-refractivity contribution >= 4 is 29.6 Å². The van der Waals surface area contributed by atoms with Gasteiger partial charge in [0.2, 0.25) is 0 Å². The van der Waals surface area contributed by atoms with E-state index in [1.165, 1.54) is 6.08 Å². The molecule has 1 aliphatic rings. The lowest BCUT2D eigenvalue weighted by atomic mass is 10.1. The molecule has 148 valence electrons. The molecule has 0 radical (unpaired) electrons. The lowest BCUT2D eigenvalue weighted by Gasteiger charge is -2.32. The fourth-order valence-electron chi connectivity index (χ4n) is 2.97. The molecule has 0 unspecified atom stereocenters. The highest BCUT2D eigenvalue weighted by Crippen LogP contribution is 2.38. The van der Waals surface area contributed by atoms with Crippen LogP contribution in [0.15, 0.2) is 18.2 Å². The minimum atomic E-state index is -0.865. The molecule has 1 aromatic rings.